The third-order valence-electron chi connectivity index (χ3n) is 3.16. The first-order chi connectivity index (χ1) is 10.7. The van der Waals surface area contributed by atoms with Gasteiger partial charge in [-0.1, -0.05) is 6.07 Å². The molecule has 3 rings (SSSR count). The van der Waals surface area contributed by atoms with Gasteiger partial charge in [-0.3, -0.25) is 14.5 Å². The number of H-pyrrole nitrogens is 1. The van der Waals surface area contributed by atoms with Crippen LogP contribution in [0.5, 0.6) is 5.75 Å². The zero-order chi connectivity index (χ0) is 15.5. The Morgan fingerprint density at radius 1 is 1.32 bits per heavy atom. The van der Waals surface area contributed by atoms with Gasteiger partial charge in [-0.25, -0.2) is 0 Å². The number of aromatic nitrogens is 5. The highest BCUT2D eigenvalue weighted by Gasteiger charge is 2.16. The predicted octanol–water partition coefficient (Wildman–Crippen LogP) is 1.56. The maximum Gasteiger partial charge on any atom is 0.255 e. The molecule has 112 valence electrons. The fraction of sp³-hybridized carbons (Fsp3) is 0.143. The number of carbonyl (C=O) groups is 1. The van der Waals surface area contributed by atoms with Crippen molar-refractivity contribution in [3.8, 4) is 11.6 Å². The number of aromatic amines is 1. The first-order valence-corrected chi connectivity index (χ1v) is 6.54. The van der Waals surface area contributed by atoms with Crippen LogP contribution >= 0.6 is 0 Å². The van der Waals surface area contributed by atoms with Gasteiger partial charge in [-0.2, -0.15) is 5.10 Å². The molecule has 0 saturated carbocycles. The van der Waals surface area contributed by atoms with E-state index in [1.54, 1.807) is 35.9 Å². The average molecular weight is 298 g/mol. The van der Waals surface area contributed by atoms with Gasteiger partial charge in [-0.05, 0) is 25.1 Å². The molecule has 0 saturated heterocycles. The van der Waals surface area contributed by atoms with Crippen LogP contribution in [0.15, 0.2) is 36.9 Å². The molecule has 0 atom stereocenters. The Labute approximate surface area is 126 Å². The molecule has 22 heavy (non-hydrogen) atoms. The molecule has 0 aliphatic heterocycles. The molecule has 2 aromatic heterocycles. The van der Waals surface area contributed by atoms with Gasteiger partial charge in [0.2, 0.25) is 0 Å². The molecule has 1 aromatic carbocycles. The Morgan fingerprint density at radius 2 is 2.09 bits per heavy atom. The molecule has 8 heteroatoms. The van der Waals surface area contributed by atoms with Crippen LogP contribution in [-0.2, 0) is 0 Å². The van der Waals surface area contributed by atoms with E-state index in [0.29, 0.717) is 22.8 Å². The predicted molar refractivity (Wildman–Crippen MR) is 79.2 cm³/mol. The lowest BCUT2D eigenvalue weighted by Crippen LogP contribution is -2.13. The molecule has 0 aliphatic carbocycles. The highest BCUT2D eigenvalue weighted by molar-refractivity contribution is 6.05. The Bertz CT molecular complexity index is 794. The summed E-state index contributed by atoms with van der Waals surface area (Å²) in [6, 6.07) is 6.92. The summed E-state index contributed by atoms with van der Waals surface area (Å²) in [5.74, 6) is 0.895. The number of nitrogens with one attached hydrogen (secondary N) is 2. The SMILES string of the molecule is COc1cccc(C(=O)Nc2c(-n3cnnc3)n[nH]c2C)c1. The molecule has 0 fully saturated rings. The van der Waals surface area contributed by atoms with Crippen molar-refractivity contribution in [2.24, 2.45) is 0 Å². The molecule has 0 radical (unpaired) electrons. The smallest absolute Gasteiger partial charge is 0.255 e. The quantitative estimate of drug-likeness (QED) is 0.761. The highest BCUT2D eigenvalue weighted by atomic mass is 16.5. The number of benzene rings is 1. The molecule has 2 N–H and O–H groups in total. The number of rotatable bonds is 4. The maximum atomic E-state index is 12.4. The van der Waals surface area contributed by atoms with Crippen molar-refractivity contribution in [3.63, 3.8) is 0 Å². The minimum atomic E-state index is -0.252. The van der Waals surface area contributed by atoms with E-state index in [-0.39, 0.29) is 5.91 Å². The number of hydrogen-bond acceptors (Lipinski definition) is 5. The summed E-state index contributed by atoms with van der Waals surface area (Å²) >= 11 is 0. The lowest BCUT2D eigenvalue weighted by atomic mass is 10.2. The zero-order valence-electron chi connectivity index (χ0n) is 12.1. The summed E-state index contributed by atoms with van der Waals surface area (Å²) in [7, 11) is 1.56. The second kappa shape index (κ2) is 5.68. The van der Waals surface area contributed by atoms with Gasteiger partial charge in [0, 0.05) is 5.56 Å². The van der Waals surface area contributed by atoms with E-state index in [1.807, 2.05) is 6.92 Å². The summed E-state index contributed by atoms with van der Waals surface area (Å²) in [6.45, 7) is 1.82. The minimum absolute atomic E-state index is 0.252. The lowest BCUT2D eigenvalue weighted by molar-refractivity contribution is 0.102. The van der Waals surface area contributed by atoms with Crippen LogP contribution < -0.4 is 10.1 Å². The molecule has 0 unspecified atom stereocenters. The fourth-order valence-electron chi connectivity index (χ4n) is 2.01. The number of nitrogens with zero attached hydrogens (tertiary/aromatic N) is 4. The van der Waals surface area contributed by atoms with Crippen molar-refractivity contribution in [1.82, 2.24) is 25.0 Å². The third-order valence-corrected chi connectivity index (χ3v) is 3.16. The van der Waals surface area contributed by atoms with Gasteiger partial charge in [0.1, 0.15) is 24.1 Å². The van der Waals surface area contributed by atoms with Crippen molar-refractivity contribution in [2.75, 3.05) is 12.4 Å². The van der Waals surface area contributed by atoms with Crippen LogP contribution in [0.2, 0.25) is 0 Å². The van der Waals surface area contributed by atoms with Crippen LogP contribution in [0.1, 0.15) is 16.1 Å². The minimum Gasteiger partial charge on any atom is -0.497 e. The molecule has 3 aromatic rings. The van der Waals surface area contributed by atoms with Gasteiger partial charge in [0.05, 0.1) is 12.8 Å². The Kier molecular flexibility index (Phi) is 3.57. The van der Waals surface area contributed by atoms with E-state index >= 15 is 0 Å². The Hall–Kier alpha value is -3.16. The van der Waals surface area contributed by atoms with Crippen LogP contribution in [0.3, 0.4) is 0 Å². The molecule has 0 bridgehead atoms. The molecule has 0 aliphatic rings. The number of methoxy groups -OCH3 is 1. The van der Waals surface area contributed by atoms with Crippen LogP contribution in [0, 0.1) is 6.92 Å². The Morgan fingerprint density at radius 3 is 2.82 bits per heavy atom. The first kappa shape index (κ1) is 13.8. The summed E-state index contributed by atoms with van der Waals surface area (Å²) in [4.78, 5) is 12.4. The van der Waals surface area contributed by atoms with Gasteiger partial charge >= 0.3 is 0 Å². The fourth-order valence-corrected chi connectivity index (χ4v) is 2.01. The van der Waals surface area contributed by atoms with E-state index in [4.69, 9.17) is 4.74 Å². The van der Waals surface area contributed by atoms with Crippen LogP contribution in [-0.4, -0.2) is 38.0 Å². The van der Waals surface area contributed by atoms with Gasteiger partial charge in [0.25, 0.3) is 5.91 Å². The number of ether oxygens (including phenoxy) is 1. The number of anilines is 1. The Balaban J connectivity index is 1.90. The largest absolute Gasteiger partial charge is 0.497 e. The molecule has 2 heterocycles. The van der Waals surface area contributed by atoms with Crippen LogP contribution in [0.25, 0.3) is 5.82 Å². The number of aryl methyl sites for hydroxylation is 1. The highest BCUT2D eigenvalue weighted by Crippen LogP contribution is 2.22. The van der Waals surface area contributed by atoms with E-state index in [0.717, 1.165) is 5.69 Å². The molecule has 0 spiro atoms. The van der Waals surface area contributed by atoms with Gasteiger partial charge in [0.15, 0.2) is 5.82 Å². The molecular weight excluding hydrogens is 284 g/mol. The summed E-state index contributed by atoms with van der Waals surface area (Å²) in [5.41, 5.74) is 1.81. The summed E-state index contributed by atoms with van der Waals surface area (Å²) in [5, 5.41) is 17.3. The van der Waals surface area contributed by atoms with E-state index in [9.17, 15) is 4.79 Å². The van der Waals surface area contributed by atoms with Crippen molar-refractivity contribution >= 4 is 11.6 Å². The van der Waals surface area contributed by atoms with Gasteiger partial charge in [-0.15, -0.1) is 10.2 Å². The number of carbonyl (C=O) groups excluding carboxylic acids is 1. The molecule has 1 amide bonds. The maximum absolute atomic E-state index is 12.4. The van der Waals surface area contributed by atoms with E-state index < -0.39 is 0 Å². The second-order valence-corrected chi connectivity index (χ2v) is 4.60. The first-order valence-electron chi connectivity index (χ1n) is 6.54. The monoisotopic (exact) mass is 298 g/mol. The van der Waals surface area contributed by atoms with Crippen molar-refractivity contribution in [2.45, 2.75) is 6.92 Å². The number of hydrogen-bond donors (Lipinski definition) is 2. The lowest BCUT2D eigenvalue weighted by Gasteiger charge is -2.08. The molecule has 8 nitrogen and oxygen atoms in total. The topological polar surface area (TPSA) is 97.7 Å². The van der Waals surface area contributed by atoms with Gasteiger partial charge < -0.3 is 10.1 Å². The van der Waals surface area contributed by atoms with E-state index in [1.165, 1.54) is 12.7 Å². The van der Waals surface area contributed by atoms with E-state index in [2.05, 4.69) is 25.7 Å². The van der Waals surface area contributed by atoms with Crippen molar-refractivity contribution in [1.29, 1.82) is 0 Å². The second-order valence-electron chi connectivity index (χ2n) is 4.60. The third kappa shape index (κ3) is 2.53. The standard InChI is InChI=1S/C14H14N6O2/c1-9-12(13(19-18-9)20-7-15-16-8-20)17-14(21)10-4-3-5-11(6-10)22-2/h3-8H,1-2H3,(H,17,21)(H,18,19). The summed E-state index contributed by atoms with van der Waals surface area (Å²) < 4.78 is 6.74. The van der Waals surface area contributed by atoms with Crippen LogP contribution in [0.4, 0.5) is 5.69 Å². The zero-order valence-corrected chi connectivity index (χ0v) is 12.1. The average Bonchev–Trinajstić information content (AvgIpc) is 3.18. The summed E-state index contributed by atoms with van der Waals surface area (Å²) in [6.07, 6.45) is 3.02. The number of amides is 1. The van der Waals surface area contributed by atoms with Crippen molar-refractivity contribution in [3.05, 3.63) is 48.2 Å². The molecular formula is C14H14N6O2. The van der Waals surface area contributed by atoms with Crippen molar-refractivity contribution < 1.29 is 9.53 Å². The normalized spacial score (nSPS) is 10.5.